The number of carbonyl (C=O) groups excluding carboxylic acids is 2. The van der Waals surface area contributed by atoms with E-state index in [4.69, 9.17) is 4.74 Å². The predicted molar refractivity (Wildman–Crippen MR) is 66.1 cm³/mol. The molecule has 1 N–H and O–H groups in total. The van der Waals surface area contributed by atoms with Crippen molar-refractivity contribution in [2.45, 2.75) is 38.8 Å². The van der Waals surface area contributed by atoms with E-state index in [0.717, 1.165) is 4.88 Å². The Kier molecular flexibility index (Phi) is 4.72. The largest absolute Gasteiger partial charge is 0.550 e. The number of hydrogen-bond acceptors (Lipinski definition) is 5. The molecule has 0 saturated heterocycles. The Balaban J connectivity index is 2.68. The summed E-state index contributed by atoms with van der Waals surface area (Å²) >= 11 is 1.37. The second-order valence-corrected chi connectivity index (χ2v) is 5.77. The number of aliphatic carboxylic acids is 1. The highest BCUT2D eigenvalue weighted by molar-refractivity contribution is 7.10. The summed E-state index contributed by atoms with van der Waals surface area (Å²) < 4.78 is 5.09. The first-order valence-corrected chi connectivity index (χ1v) is 6.38. The highest BCUT2D eigenvalue weighted by Crippen LogP contribution is 2.22. The number of ether oxygens (including phenoxy) is 1. The number of hydrogen-bond donors (Lipinski definition) is 1. The lowest BCUT2D eigenvalue weighted by molar-refractivity contribution is -0.306. The molecule has 0 radical (unpaired) electrons. The van der Waals surface area contributed by atoms with Crippen molar-refractivity contribution in [1.29, 1.82) is 0 Å². The maximum absolute atomic E-state index is 11.6. The van der Waals surface area contributed by atoms with Gasteiger partial charge in [-0.1, -0.05) is 6.07 Å². The van der Waals surface area contributed by atoms with Crippen LogP contribution in [0, 0.1) is 0 Å². The third-order valence-electron chi connectivity index (χ3n) is 1.95. The molecular formula is C12H16NO4S-. The average molecular weight is 270 g/mol. The van der Waals surface area contributed by atoms with Crippen LogP contribution in [-0.2, 0) is 9.53 Å². The van der Waals surface area contributed by atoms with Crippen molar-refractivity contribution in [3.05, 3.63) is 22.4 Å². The van der Waals surface area contributed by atoms with Gasteiger partial charge in [-0.05, 0) is 32.2 Å². The van der Waals surface area contributed by atoms with Crippen molar-refractivity contribution in [3.8, 4) is 0 Å². The number of alkyl carbamates (subject to hydrolysis) is 1. The molecule has 0 aliphatic heterocycles. The quantitative estimate of drug-likeness (QED) is 0.898. The van der Waals surface area contributed by atoms with Gasteiger partial charge in [0.15, 0.2) is 0 Å². The molecule has 100 valence electrons. The van der Waals surface area contributed by atoms with E-state index in [1.165, 1.54) is 11.3 Å². The van der Waals surface area contributed by atoms with Crippen LogP contribution in [0.15, 0.2) is 17.5 Å². The summed E-state index contributed by atoms with van der Waals surface area (Å²) in [4.78, 5) is 23.0. The minimum absolute atomic E-state index is 0.278. The van der Waals surface area contributed by atoms with Crippen molar-refractivity contribution in [2.24, 2.45) is 0 Å². The van der Waals surface area contributed by atoms with Crippen LogP contribution in [0.4, 0.5) is 4.79 Å². The zero-order valence-corrected chi connectivity index (χ0v) is 11.4. The fourth-order valence-corrected chi connectivity index (χ4v) is 2.11. The Morgan fingerprint density at radius 1 is 1.50 bits per heavy atom. The monoisotopic (exact) mass is 270 g/mol. The third kappa shape index (κ3) is 5.18. The van der Waals surface area contributed by atoms with Gasteiger partial charge in [0.25, 0.3) is 0 Å². The van der Waals surface area contributed by atoms with Gasteiger partial charge in [0.1, 0.15) is 5.60 Å². The molecule has 0 aromatic carbocycles. The van der Waals surface area contributed by atoms with Crippen LogP contribution in [0.1, 0.15) is 38.1 Å². The summed E-state index contributed by atoms with van der Waals surface area (Å²) in [5, 5.41) is 15.0. The first-order valence-electron chi connectivity index (χ1n) is 5.50. The van der Waals surface area contributed by atoms with E-state index in [1.807, 2.05) is 5.38 Å². The van der Waals surface area contributed by atoms with Gasteiger partial charge in [-0.2, -0.15) is 0 Å². The van der Waals surface area contributed by atoms with Crippen LogP contribution < -0.4 is 10.4 Å². The molecule has 0 saturated carbocycles. The van der Waals surface area contributed by atoms with Gasteiger partial charge in [-0.15, -0.1) is 11.3 Å². The Hall–Kier alpha value is -1.56. The van der Waals surface area contributed by atoms with E-state index in [9.17, 15) is 14.7 Å². The van der Waals surface area contributed by atoms with Gasteiger partial charge in [0, 0.05) is 17.3 Å². The maximum atomic E-state index is 11.6. The van der Waals surface area contributed by atoms with Crippen molar-refractivity contribution in [2.75, 3.05) is 0 Å². The van der Waals surface area contributed by atoms with Crippen molar-refractivity contribution in [3.63, 3.8) is 0 Å². The van der Waals surface area contributed by atoms with Crippen LogP contribution >= 0.6 is 11.3 Å². The molecule has 0 unspecified atom stereocenters. The molecule has 18 heavy (non-hydrogen) atoms. The molecule has 1 rings (SSSR count). The molecule has 0 aliphatic rings. The minimum atomic E-state index is -1.22. The summed E-state index contributed by atoms with van der Waals surface area (Å²) in [6.45, 7) is 5.22. The lowest BCUT2D eigenvalue weighted by atomic mass is 10.1. The van der Waals surface area contributed by atoms with Gasteiger partial charge in [0.05, 0.1) is 6.04 Å². The average Bonchev–Trinajstić information content (AvgIpc) is 2.64. The minimum Gasteiger partial charge on any atom is -0.550 e. The van der Waals surface area contributed by atoms with Crippen LogP contribution in [0.25, 0.3) is 0 Å². The lowest BCUT2D eigenvalue weighted by Gasteiger charge is -2.23. The molecule has 1 amide bonds. The molecule has 0 bridgehead atoms. The van der Waals surface area contributed by atoms with Crippen LogP contribution in [-0.4, -0.2) is 17.7 Å². The first kappa shape index (κ1) is 14.5. The van der Waals surface area contributed by atoms with E-state index < -0.39 is 23.7 Å². The zero-order chi connectivity index (χ0) is 13.8. The van der Waals surface area contributed by atoms with Gasteiger partial charge in [0.2, 0.25) is 0 Å². The molecule has 1 aromatic rings. The Morgan fingerprint density at radius 3 is 2.61 bits per heavy atom. The van der Waals surface area contributed by atoms with Gasteiger partial charge >= 0.3 is 6.09 Å². The number of carbonyl (C=O) groups is 2. The Bertz CT molecular complexity index is 408. The fraction of sp³-hybridized carbons (Fsp3) is 0.500. The normalized spacial score (nSPS) is 12.8. The number of rotatable bonds is 4. The van der Waals surface area contributed by atoms with E-state index in [1.54, 1.807) is 32.9 Å². The number of thiophene rings is 1. The van der Waals surface area contributed by atoms with Crippen molar-refractivity contribution >= 4 is 23.4 Å². The molecule has 1 atom stereocenters. The lowest BCUT2D eigenvalue weighted by Crippen LogP contribution is -2.37. The molecule has 6 heteroatoms. The molecule has 0 aliphatic carbocycles. The summed E-state index contributed by atoms with van der Waals surface area (Å²) in [5.74, 6) is -1.22. The summed E-state index contributed by atoms with van der Waals surface area (Å²) in [5.41, 5.74) is -0.619. The van der Waals surface area contributed by atoms with Crippen LogP contribution in [0.3, 0.4) is 0 Å². The second kappa shape index (κ2) is 5.86. The van der Waals surface area contributed by atoms with Gasteiger partial charge in [-0.3, -0.25) is 0 Å². The molecule has 0 fully saturated rings. The summed E-state index contributed by atoms with van der Waals surface area (Å²) in [6.07, 6.45) is -0.915. The fourth-order valence-electron chi connectivity index (χ4n) is 1.33. The highest BCUT2D eigenvalue weighted by atomic mass is 32.1. The SMILES string of the molecule is CC(C)(C)OC(=O)N[C@H](CC(=O)[O-])c1cccs1. The number of carboxylic acids is 1. The molecular weight excluding hydrogens is 254 g/mol. The molecule has 0 spiro atoms. The van der Waals surface area contributed by atoms with E-state index in [-0.39, 0.29) is 6.42 Å². The highest BCUT2D eigenvalue weighted by Gasteiger charge is 2.21. The van der Waals surface area contributed by atoms with E-state index in [0.29, 0.717) is 0 Å². The van der Waals surface area contributed by atoms with E-state index >= 15 is 0 Å². The number of nitrogens with one attached hydrogen (secondary N) is 1. The van der Waals surface area contributed by atoms with Gasteiger partial charge < -0.3 is 20.0 Å². The van der Waals surface area contributed by atoms with E-state index in [2.05, 4.69) is 5.32 Å². The number of amides is 1. The second-order valence-electron chi connectivity index (χ2n) is 4.79. The smallest absolute Gasteiger partial charge is 0.408 e. The predicted octanol–water partition coefficient (Wildman–Crippen LogP) is 1.45. The van der Waals surface area contributed by atoms with Crippen molar-refractivity contribution < 1.29 is 19.4 Å². The zero-order valence-electron chi connectivity index (χ0n) is 10.6. The first-order chi connectivity index (χ1) is 8.28. The topological polar surface area (TPSA) is 78.5 Å². The molecule has 5 nitrogen and oxygen atoms in total. The Labute approximate surface area is 110 Å². The molecule has 1 aromatic heterocycles. The molecule has 1 heterocycles. The van der Waals surface area contributed by atoms with Crippen LogP contribution in [0.2, 0.25) is 0 Å². The van der Waals surface area contributed by atoms with Crippen LogP contribution in [0.5, 0.6) is 0 Å². The van der Waals surface area contributed by atoms with Gasteiger partial charge in [-0.25, -0.2) is 4.79 Å². The third-order valence-corrected chi connectivity index (χ3v) is 2.93. The Morgan fingerprint density at radius 2 is 2.17 bits per heavy atom. The number of carboxylic acid groups (broad SMARTS) is 1. The standard InChI is InChI=1S/C12H17NO4S/c1-12(2,3)17-11(16)13-8(7-10(14)15)9-5-4-6-18-9/h4-6,8H,7H2,1-3H3,(H,13,16)(H,14,15)/p-1/t8-/m1/s1. The summed E-state index contributed by atoms with van der Waals surface area (Å²) in [7, 11) is 0. The van der Waals surface area contributed by atoms with Crippen molar-refractivity contribution in [1.82, 2.24) is 5.32 Å². The maximum Gasteiger partial charge on any atom is 0.408 e. The summed E-state index contributed by atoms with van der Waals surface area (Å²) in [6, 6.07) is 2.93.